The standard InChI is InChI=1S/C9H16O3/c1-3-12-9(10)7(2)8-4-5-11-6-8/h7-8H,3-6H2,1-2H3/t7-,8-/m1/s1. The fourth-order valence-electron chi connectivity index (χ4n) is 1.41. The van der Waals surface area contributed by atoms with Gasteiger partial charge >= 0.3 is 5.97 Å². The van der Waals surface area contributed by atoms with Gasteiger partial charge in [0.05, 0.1) is 19.1 Å². The summed E-state index contributed by atoms with van der Waals surface area (Å²) in [5.74, 6) is 0.268. The maximum atomic E-state index is 11.3. The van der Waals surface area contributed by atoms with Crippen molar-refractivity contribution in [1.29, 1.82) is 0 Å². The first-order valence-electron chi connectivity index (χ1n) is 4.50. The fourth-order valence-corrected chi connectivity index (χ4v) is 1.41. The summed E-state index contributed by atoms with van der Waals surface area (Å²) in [5.41, 5.74) is 0. The molecular formula is C9H16O3. The Morgan fingerprint density at radius 1 is 1.75 bits per heavy atom. The number of carbonyl (C=O) groups excluding carboxylic acids is 1. The van der Waals surface area contributed by atoms with E-state index in [1.165, 1.54) is 0 Å². The molecule has 1 fully saturated rings. The number of hydrogen-bond acceptors (Lipinski definition) is 3. The van der Waals surface area contributed by atoms with Crippen molar-refractivity contribution in [2.24, 2.45) is 11.8 Å². The van der Waals surface area contributed by atoms with Crippen LogP contribution in [0.3, 0.4) is 0 Å². The Morgan fingerprint density at radius 3 is 3.00 bits per heavy atom. The molecule has 0 radical (unpaired) electrons. The molecule has 0 spiro atoms. The van der Waals surface area contributed by atoms with E-state index in [4.69, 9.17) is 9.47 Å². The van der Waals surface area contributed by atoms with Crippen molar-refractivity contribution in [2.75, 3.05) is 19.8 Å². The van der Waals surface area contributed by atoms with Crippen molar-refractivity contribution < 1.29 is 14.3 Å². The number of hydrogen-bond donors (Lipinski definition) is 0. The molecule has 1 aliphatic rings. The predicted molar refractivity (Wildman–Crippen MR) is 44.7 cm³/mol. The quantitative estimate of drug-likeness (QED) is 0.600. The van der Waals surface area contributed by atoms with Gasteiger partial charge in [-0.1, -0.05) is 6.92 Å². The van der Waals surface area contributed by atoms with Crippen LogP contribution in [0, 0.1) is 11.8 Å². The van der Waals surface area contributed by atoms with E-state index >= 15 is 0 Å². The first-order chi connectivity index (χ1) is 5.75. The minimum Gasteiger partial charge on any atom is -0.466 e. The van der Waals surface area contributed by atoms with E-state index in [1.54, 1.807) is 0 Å². The van der Waals surface area contributed by atoms with Gasteiger partial charge in [-0.2, -0.15) is 0 Å². The number of esters is 1. The predicted octanol–water partition coefficient (Wildman–Crippen LogP) is 1.22. The molecule has 0 aromatic rings. The van der Waals surface area contributed by atoms with E-state index in [9.17, 15) is 4.79 Å². The molecule has 2 atom stereocenters. The first kappa shape index (κ1) is 9.52. The summed E-state index contributed by atoms with van der Waals surface area (Å²) >= 11 is 0. The third kappa shape index (κ3) is 2.21. The van der Waals surface area contributed by atoms with Crippen LogP contribution in [0.5, 0.6) is 0 Å². The minimum atomic E-state index is -0.0898. The lowest BCUT2D eigenvalue weighted by Gasteiger charge is -2.15. The largest absolute Gasteiger partial charge is 0.466 e. The van der Waals surface area contributed by atoms with Crippen LogP contribution in [-0.4, -0.2) is 25.8 Å². The van der Waals surface area contributed by atoms with Gasteiger partial charge in [-0.05, 0) is 19.3 Å². The molecule has 1 heterocycles. The second-order valence-electron chi connectivity index (χ2n) is 3.16. The summed E-state index contributed by atoms with van der Waals surface area (Å²) in [6.07, 6.45) is 0.986. The van der Waals surface area contributed by atoms with Gasteiger partial charge in [-0.25, -0.2) is 0 Å². The Kier molecular flexibility index (Phi) is 3.53. The molecule has 3 nitrogen and oxygen atoms in total. The molecule has 1 aliphatic heterocycles. The van der Waals surface area contributed by atoms with E-state index in [1.807, 2.05) is 13.8 Å². The van der Waals surface area contributed by atoms with Crippen LogP contribution in [0.4, 0.5) is 0 Å². The molecule has 0 aliphatic carbocycles. The first-order valence-corrected chi connectivity index (χ1v) is 4.50. The van der Waals surface area contributed by atoms with Crippen LogP contribution >= 0.6 is 0 Å². The Balaban J connectivity index is 2.34. The van der Waals surface area contributed by atoms with Crippen molar-refractivity contribution in [2.45, 2.75) is 20.3 Å². The fraction of sp³-hybridized carbons (Fsp3) is 0.889. The molecule has 0 aromatic heterocycles. The molecule has 0 amide bonds. The molecule has 0 saturated carbocycles. The Hall–Kier alpha value is -0.570. The number of carbonyl (C=O) groups is 1. The molecule has 12 heavy (non-hydrogen) atoms. The smallest absolute Gasteiger partial charge is 0.309 e. The third-order valence-corrected chi connectivity index (χ3v) is 2.33. The van der Waals surface area contributed by atoms with Crippen molar-refractivity contribution in [3.05, 3.63) is 0 Å². The van der Waals surface area contributed by atoms with Crippen LogP contribution in [0.15, 0.2) is 0 Å². The number of rotatable bonds is 3. The van der Waals surface area contributed by atoms with E-state index in [0.29, 0.717) is 19.1 Å². The van der Waals surface area contributed by atoms with Crippen molar-refractivity contribution >= 4 is 5.97 Å². The number of ether oxygens (including phenoxy) is 2. The zero-order chi connectivity index (χ0) is 8.97. The second-order valence-corrected chi connectivity index (χ2v) is 3.16. The highest BCUT2D eigenvalue weighted by Gasteiger charge is 2.28. The minimum absolute atomic E-state index is 0.00699. The summed E-state index contributed by atoms with van der Waals surface area (Å²) in [4.78, 5) is 11.3. The normalized spacial score (nSPS) is 25.3. The van der Waals surface area contributed by atoms with Gasteiger partial charge in [0.15, 0.2) is 0 Å². The topological polar surface area (TPSA) is 35.5 Å². The highest BCUT2D eigenvalue weighted by Crippen LogP contribution is 2.22. The van der Waals surface area contributed by atoms with Gasteiger partial charge in [0.2, 0.25) is 0 Å². The summed E-state index contributed by atoms with van der Waals surface area (Å²) in [5, 5.41) is 0. The molecule has 1 saturated heterocycles. The monoisotopic (exact) mass is 172 g/mol. The lowest BCUT2D eigenvalue weighted by Crippen LogP contribution is -2.23. The Morgan fingerprint density at radius 2 is 2.50 bits per heavy atom. The van der Waals surface area contributed by atoms with Gasteiger partial charge in [-0.15, -0.1) is 0 Å². The molecule has 0 unspecified atom stereocenters. The summed E-state index contributed by atoms with van der Waals surface area (Å²) in [6.45, 7) is 5.71. The summed E-state index contributed by atoms with van der Waals surface area (Å²) in [6, 6.07) is 0. The van der Waals surface area contributed by atoms with E-state index in [-0.39, 0.29) is 11.9 Å². The van der Waals surface area contributed by atoms with Crippen LogP contribution in [-0.2, 0) is 14.3 Å². The van der Waals surface area contributed by atoms with Crippen LogP contribution in [0.2, 0.25) is 0 Å². The maximum absolute atomic E-state index is 11.3. The molecular weight excluding hydrogens is 156 g/mol. The van der Waals surface area contributed by atoms with Crippen LogP contribution < -0.4 is 0 Å². The van der Waals surface area contributed by atoms with Crippen molar-refractivity contribution in [1.82, 2.24) is 0 Å². The van der Waals surface area contributed by atoms with Crippen LogP contribution in [0.25, 0.3) is 0 Å². The SMILES string of the molecule is CCOC(=O)[C@H](C)[C@@H]1CCOC1. The second kappa shape index (κ2) is 4.45. The summed E-state index contributed by atoms with van der Waals surface area (Å²) in [7, 11) is 0. The average molecular weight is 172 g/mol. The highest BCUT2D eigenvalue weighted by atomic mass is 16.5. The lowest BCUT2D eigenvalue weighted by molar-refractivity contribution is -0.149. The molecule has 0 bridgehead atoms. The lowest BCUT2D eigenvalue weighted by atomic mass is 9.94. The van der Waals surface area contributed by atoms with Crippen molar-refractivity contribution in [3.8, 4) is 0 Å². The van der Waals surface area contributed by atoms with Gasteiger partial charge in [-0.3, -0.25) is 4.79 Å². The van der Waals surface area contributed by atoms with Gasteiger partial charge in [0.25, 0.3) is 0 Å². The molecule has 1 rings (SSSR count). The third-order valence-electron chi connectivity index (χ3n) is 2.33. The Bertz CT molecular complexity index is 150. The van der Waals surface area contributed by atoms with E-state index in [0.717, 1.165) is 13.0 Å². The van der Waals surface area contributed by atoms with Gasteiger partial charge in [0, 0.05) is 6.61 Å². The molecule has 0 N–H and O–H groups in total. The highest BCUT2D eigenvalue weighted by molar-refractivity contribution is 5.72. The van der Waals surface area contributed by atoms with E-state index < -0.39 is 0 Å². The molecule has 70 valence electrons. The molecule has 0 aromatic carbocycles. The zero-order valence-electron chi connectivity index (χ0n) is 7.71. The van der Waals surface area contributed by atoms with Gasteiger partial charge in [0.1, 0.15) is 0 Å². The zero-order valence-corrected chi connectivity index (χ0v) is 7.71. The van der Waals surface area contributed by atoms with Crippen LogP contribution in [0.1, 0.15) is 20.3 Å². The average Bonchev–Trinajstić information content (AvgIpc) is 2.55. The molecule has 3 heteroatoms. The summed E-state index contributed by atoms with van der Waals surface area (Å²) < 4.78 is 10.1. The van der Waals surface area contributed by atoms with E-state index in [2.05, 4.69) is 0 Å². The van der Waals surface area contributed by atoms with Gasteiger partial charge < -0.3 is 9.47 Å². The maximum Gasteiger partial charge on any atom is 0.309 e. The van der Waals surface area contributed by atoms with Crippen molar-refractivity contribution in [3.63, 3.8) is 0 Å². The Labute approximate surface area is 73.0 Å².